The van der Waals surface area contributed by atoms with Crippen LogP contribution in [0.1, 0.15) is 65.9 Å². The van der Waals surface area contributed by atoms with E-state index in [0.717, 1.165) is 78.0 Å². The number of H-pyrrole nitrogens is 1. The molecular formula is C32H48FN5O. The van der Waals surface area contributed by atoms with Crippen LogP contribution in [0.4, 0.5) is 10.1 Å². The third-order valence-electron chi connectivity index (χ3n) is 8.13. The van der Waals surface area contributed by atoms with Gasteiger partial charge >= 0.3 is 0 Å². The van der Waals surface area contributed by atoms with Gasteiger partial charge in [0.2, 0.25) is 5.91 Å². The van der Waals surface area contributed by atoms with Crippen LogP contribution in [0.15, 0.2) is 54.3 Å². The van der Waals surface area contributed by atoms with E-state index in [0.29, 0.717) is 12.6 Å². The van der Waals surface area contributed by atoms with Crippen molar-refractivity contribution in [3.05, 3.63) is 59.8 Å². The molecule has 1 aromatic heterocycles. The van der Waals surface area contributed by atoms with Crippen LogP contribution in [0.25, 0.3) is 16.5 Å². The van der Waals surface area contributed by atoms with E-state index in [9.17, 15) is 4.79 Å². The number of hydrogen-bond donors (Lipinski definition) is 2. The van der Waals surface area contributed by atoms with Crippen LogP contribution in [0, 0.1) is 5.92 Å². The van der Waals surface area contributed by atoms with Crippen LogP contribution in [0.3, 0.4) is 0 Å². The monoisotopic (exact) mass is 537 g/mol. The maximum absolute atomic E-state index is 15.3. The standard InChI is InChI=1S/C32H48FN5O/c1-9-12-23(4)37(8)25(6)28(18-26(33)17-22(3)10-2)29-19-34-32-27(29)13-11-14-30(32)35-31(39)21-38-16-15-36(7)24(5)20-38/h11,13-14,17,19,22,24,34H,4,9-10,12,15-16,18,20-21H2,1-3,5-8H3,(H,35,39)/b26-17+,28-25+. The zero-order valence-electron chi connectivity index (χ0n) is 25.0. The lowest BCUT2D eigenvalue weighted by Gasteiger charge is -2.37. The highest BCUT2D eigenvalue weighted by Crippen LogP contribution is 2.36. The van der Waals surface area contributed by atoms with Crippen LogP contribution < -0.4 is 5.32 Å². The number of aromatic nitrogens is 1. The predicted octanol–water partition coefficient (Wildman–Crippen LogP) is 7.01. The normalized spacial score (nSPS) is 18.7. The number of aromatic amines is 1. The number of halogens is 1. The van der Waals surface area contributed by atoms with E-state index in [4.69, 9.17) is 0 Å². The van der Waals surface area contributed by atoms with E-state index in [2.05, 4.69) is 59.4 Å². The minimum Gasteiger partial charge on any atom is -0.359 e. The number of allylic oxidation sites excluding steroid dienone is 5. The number of rotatable bonds is 12. The van der Waals surface area contributed by atoms with Gasteiger partial charge in [0.1, 0.15) is 5.83 Å². The summed E-state index contributed by atoms with van der Waals surface area (Å²) in [6.07, 6.45) is 6.63. The van der Waals surface area contributed by atoms with Crippen molar-refractivity contribution in [2.24, 2.45) is 5.92 Å². The second kappa shape index (κ2) is 13.9. The molecule has 0 aliphatic carbocycles. The van der Waals surface area contributed by atoms with E-state index < -0.39 is 0 Å². The van der Waals surface area contributed by atoms with Gasteiger partial charge in [-0.05, 0) is 57.4 Å². The summed E-state index contributed by atoms with van der Waals surface area (Å²) >= 11 is 0. The Kier molecular flexibility index (Phi) is 11.0. The topological polar surface area (TPSA) is 54.6 Å². The lowest BCUT2D eigenvalue weighted by atomic mass is 9.97. The zero-order chi connectivity index (χ0) is 28.7. The molecule has 7 heteroatoms. The van der Waals surface area contributed by atoms with Crippen molar-refractivity contribution in [2.75, 3.05) is 45.6 Å². The highest BCUT2D eigenvalue weighted by molar-refractivity contribution is 6.05. The third kappa shape index (κ3) is 7.83. The Bertz CT molecular complexity index is 1210. The first-order valence-corrected chi connectivity index (χ1v) is 14.4. The molecule has 214 valence electrons. The fourth-order valence-corrected chi connectivity index (χ4v) is 5.14. The molecule has 2 aromatic rings. The van der Waals surface area contributed by atoms with Crippen molar-refractivity contribution in [2.45, 2.75) is 66.3 Å². The number of hydrogen-bond acceptors (Lipinski definition) is 4. The summed E-state index contributed by atoms with van der Waals surface area (Å²) in [6, 6.07) is 6.33. The van der Waals surface area contributed by atoms with Gasteiger partial charge in [0.15, 0.2) is 0 Å². The minimum absolute atomic E-state index is 0.0273. The van der Waals surface area contributed by atoms with E-state index >= 15 is 4.39 Å². The number of fused-ring (bicyclic) bond motifs is 1. The summed E-state index contributed by atoms with van der Waals surface area (Å²) in [5.74, 6) is 0.0151. The summed E-state index contributed by atoms with van der Waals surface area (Å²) in [5, 5.41) is 4.08. The van der Waals surface area contributed by atoms with Gasteiger partial charge in [0.05, 0.1) is 17.7 Å². The Balaban J connectivity index is 1.93. The molecule has 39 heavy (non-hydrogen) atoms. The van der Waals surface area contributed by atoms with Crippen molar-refractivity contribution >= 4 is 28.1 Å². The van der Waals surface area contributed by atoms with Crippen LogP contribution in [-0.4, -0.2) is 71.9 Å². The first-order valence-electron chi connectivity index (χ1n) is 14.4. The molecule has 1 saturated heterocycles. The highest BCUT2D eigenvalue weighted by atomic mass is 19.1. The number of nitrogens with one attached hydrogen (secondary N) is 2. The minimum atomic E-state index is -0.131. The molecule has 1 aliphatic rings. The average molecular weight is 538 g/mol. The number of amides is 1. The maximum atomic E-state index is 15.3. The first kappa shape index (κ1) is 30.6. The molecule has 1 aromatic carbocycles. The Morgan fingerprint density at radius 2 is 2.08 bits per heavy atom. The second-order valence-corrected chi connectivity index (χ2v) is 11.2. The van der Waals surface area contributed by atoms with Crippen molar-refractivity contribution in [3.8, 4) is 0 Å². The van der Waals surface area contributed by atoms with E-state index in [1.165, 1.54) is 0 Å². The van der Waals surface area contributed by atoms with Gasteiger partial charge in [-0.25, -0.2) is 4.39 Å². The number of likely N-dealkylation sites (N-methyl/N-ethyl adjacent to an activating group) is 1. The van der Waals surface area contributed by atoms with Gasteiger partial charge in [0, 0.05) is 67.7 Å². The number of carbonyl (C=O) groups excluding carboxylic acids is 1. The molecule has 2 heterocycles. The van der Waals surface area contributed by atoms with Gasteiger partial charge in [-0.2, -0.15) is 0 Å². The van der Waals surface area contributed by atoms with Gasteiger partial charge in [-0.3, -0.25) is 9.69 Å². The number of nitrogens with zero attached hydrogens (tertiary/aromatic N) is 3. The maximum Gasteiger partial charge on any atom is 0.238 e. The van der Waals surface area contributed by atoms with E-state index in [-0.39, 0.29) is 24.1 Å². The van der Waals surface area contributed by atoms with E-state index in [1.54, 1.807) is 6.08 Å². The van der Waals surface area contributed by atoms with Crippen LogP contribution in [-0.2, 0) is 4.79 Å². The molecule has 0 saturated carbocycles. The fraction of sp³-hybridized carbons (Fsp3) is 0.531. The molecular weight excluding hydrogens is 489 g/mol. The molecule has 1 aliphatic heterocycles. The number of para-hydroxylation sites is 1. The highest BCUT2D eigenvalue weighted by Gasteiger charge is 2.23. The van der Waals surface area contributed by atoms with E-state index in [1.807, 2.05) is 45.3 Å². The number of benzene rings is 1. The molecule has 2 unspecified atom stereocenters. The van der Waals surface area contributed by atoms with Crippen LogP contribution in [0.5, 0.6) is 0 Å². The molecule has 2 atom stereocenters. The summed E-state index contributed by atoms with van der Waals surface area (Å²) in [5.41, 5.74) is 5.41. The largest absolute Gasteiger partial charge is 0.359 e. The predicted molar refractivity (Wildman–Crippen MR) is 163 cm³/mol. The van der Waals surface area contributed by atoms with Crippen LogP contribution >= 0.6 is 0 Å². The number of carbonyl (C=O) groups is 1. The van der Waals surface area contributed by atoms with Crippen molar-refractivity contribution in [1.29, 1.82) is 0 Å². The van der Waals surface area contributed by atoms with Gasteiger partial charge in [0.25, 0.3) is 0 Å². The Morgan fingerprint density at radius 3 is 2.74 bits per heavy atom. The Morgan fingerprint density at radius 1 is 1.33 bits per heavy atom. The molecule has 2 N–H and O–H groups in total. The smallest absolute Gasteiger partial charge is 0.238 e. The van der Waals surface area contributed by atoms with Crippen molar-refractivity contribution in [1.82, 2.24) is 19.7 Å². The van der Waals surface area contributed by atoms with Gasteiger partial charge < -0.3 is 20.1 Å². The average Bonchev–Trinajstić information content (AvgIpc) is 3.33. The molecule has 3 rings (SSSR count). The second-order valence-electron chi connectivity index (χ2n) is 11.2. The Hall–Kier alpha value is -2.90. The summed E-state index contributed by atoms with van der Waals surface area (Å²) in [7, 11) is 4.13. The molecule has 0 radical (unpaired) electrons. The molecule has 1 amide bonds. The summed E-state index contributed by atoms with van der Waals surface area (Å²) in [6.45, 7) is 17.8. The first-order chi connectivity index (χ1) is 18.5. The molecule has 0 bridgehead atoms. The molecule has 0 spiro atoms. The summed E-state index contributed by atoms with van der Waals surface area (Å²) < 4.78 is 15.3. The lowest BCUT2D eigenvalue weighted by molar-refractivity contribution is -0.117. The van der Waals surface area contributed by atoms with Crippen LogP contribution in [0.2, 0.25) is 0 Å². The number of piperazine rings is 1. The fourth-order valence-electron chi connectivity index (χ4n) is 5.14. The summed E-state index contributed by atoms with van der Waals surface area (Å²) in [4.78, 5) is 23.0. The van der Waals surface area contributed by atoms with Crippen molar-refractivity contribution in [3.63, 3.8) is 0 Å². The SMILES string of the molecule is C=C(CCC)N(C)/C(C)=C(\C/C(F)=C\C(C)CC)c1c[nH]c2c(NC(=O)CN3CCN(C)C(C)C3)cccc12. The van der Waals surface area contributed by atoms with Crippen molar-refractivity contribution < 1.29 is 9.18 Å². The quantitative estimate of drug-likeness (QED) is 0.306. The zero-order valence-corrected chi connectivity index (χ0v) is 25.0. The molecule has 1 fully saturated rings. The molecule has 6 nitrogen and oxygen atoms in total. The lowest BCUT2D eigenvalue weighted by Crippen LogP contribution is -2.51. The van der Waals surface area contributed by atoms with Gasteiger partial charge in [-0.15, -0.1) is 0 Å². The number of anilines is 1. The van der Waals surface area contributed by atoms with Gasteiger partial charge in [-0.1, -0.05) is 45.9 Å². The Labute approximate surface area is 234 Å². The third-order valence-corrected chi connectivity index (χ3v) is 8.13.